The molecule has 0 aliphatic carbocycles. The van der Waals surface area contributed by atoms with Crippen molar-refractivity contribution in [2.75, 3.05) is 18.4 Å². The van der Waals surface area contributed by atoms with Crippen LogP contribution in [-0.4, -0.2) is 34.3 Å². The molecule has 104 valence electrons. The van der Waals surface area contributed by atoms with Crippen molar-refractivity contribution in [2.45, 2.75) is 19.3 Å². The van der Waals surface area contributed by atoms with E-state index in [1.165, 1.54) is 12.1 Å². The average molecular weight is 330 g/mol. The van der Waals surface area contributed by atoms with Crippen molar-refractivity contribution in [3.05, 3.63) is 29.6 Å². The van der Waals surface area contributed by atoms with Gasteiger partial charge in [0.15, 0.2) is 0 Å². The van der Waals surface area contributed by atoms with Gasteiger partial charge in [0.1, 0.15) is 11.6 Å². The molecule has 1 aromatic rings. The zero-order valence-electron chi connectivity index (χ0n) is 10.6. The lowest BCUT2D eigenvalue weighted by Gasteiger charge is -2.32. The van der Waals surface area contributed by atoms with E-state index < -0.39 is 5.82 Å². The largest absolute Gasteiger partial charge is 0.508 e. The van der Waals surface area contributed by atoms with Crippen LogP contribution in [0.25, 0.3) is 0 Å². The Morgan fingerprint density at radius 2 is 2.32 bits per heavy atom. The number of aromatic hydroxyl groups is 1. The lowest BCUT2D eigenvalue weighted by atomic mass is 9.95. The summed E-state index contributed by atoms with van der Waals surface area (Å²) in [7, 11) is 0. The normalized spacial score (nSPS) is 19.5. The summed E-state index contributed by atoms with van der Waals surface area (Å²) in [6.07, 6.45) is 3.11. The van der Waals surface area contributed by atoms with Gasteiger partial charge >= 0.3 is 0 Å². The number of amides is 1. The third-order valence-electron chi connectivity index (χ3n) is 3.51. The number of hydrogen-bond donors (Lipinski definition) is 1. The monoisotopic (exact) mass is 329 g/mol. The number of piperidine rings is 1. The van der Waals surface area contributed by atoms with Crippen LogP contribution in [0.2, 0.25) is 0 Å². The molecule has 1 unspecified atom stereocenters. The van der Waals surface area contributed by atoms with Gasteiger partial charge in [-0.25, -0.2) is 4.39 Å². The van der Waals surface area contributed by atoms with Crippen LogP contribution in [0.5, 0.6) is 5.75 Å². The molecule has 5 heteroatoms. The van der Waals surface area contributed by atoms with E-state index in [0.717, 1.165) is 30.7 Å². The van der Waals surface area contributed by atoms with Gasteiger partial charge in [-0.05, 0) is 37.3 Å². The molecule has 1 saturated heterocycles. The summed E-state index contributed by atoms with van der Waals surface area (Å²) in [6, 6.07) is 3.67. The highest BCUT2D eigenvalue weighted by molar-refractivity contribution is 9.09. The van der Waals surface area contributed by atoms with Gasteiger partial charge in [-0.2, -0.15) is 0 Å². The van der Waals surface area contributed by atoms with Crippen LogP contribution in [0.15, 0.2) is 18.2 Å². The van der Waals surface area contributed by atoms with Crippen LogP contribution in [-0.2, 0) is 0 Å². The lowest BCUT2D eigenvalue weighted by Crippen LogP contribution is -2.40. The molecule has 1 amide bonds. The molecule has 1 aromatic carbocycles. The molecule has 0 spiro atoms. The number of carbonyl (C=O) groups excluding carboxylic acids is 1. The summed E-state index contributed by atoms with van der Waals surface area (Å²) < 4.78 is 13.7. The SMILES string of the molecule is O=C(c1ccc(O)cc1F)N1CCCC(CCBr)C1. The Labute approximate surface area is 120 Å². The molecule has 1 aliphatic rings. The Morgan fingerprint density at radius 3 is 3.00 bits per heavy atom. The van der Waals surface area contributed by atoms with E-state index >= 15 is 0 Å². The molecule has 1 aliphatic heterocycles. The van der Waals surface area contributed by atoms with Crippen LogP contribution >= 0.6 is 15.9 Å². The van der Waals surface area contributed by atoms with Crippen molar-refractivity contribution >= 4 is 21.8 Å². The summed E-state index contributed by atoms with van der Waals surface area (Å²) in [5, 5.41) is 10.1. The number of phenols is 1. The van der Waals surface area contributed by atoms with Crippen molar-refractivity contribution in [3.8, 4) is 5.75 Å². The molecule has 2 rings (SSSR count). The lowest BCUT2D eigenvalue weighted by molar-refractivity contribution is 0.0667. The molecular weight excluding hydrogens is 313 g/mol. The van der Waals surface area contributed by atoms with Crippen molar-refractivity contribution in [2.24, 2.45) is 5.92 Å². The van der Waals surface area contributed by atoms with E-state index in [-0.39, 0.29) is 17.2 Å². The predicted octanol–water partition coefficient (Wildman–Crippen LogP) is 3.17. The highest BCUT2D eigenvalue weighted by Gasteiger charge is 2.25. The first-order chi connectivity index (χ1) is 9.11. The Hall–Kier alpha value is -1.10. The number of alkyl halides is 1. The van der Waals surface area contributed by atoms with Gasteiger partial charge in [-0.15, -0.1) is 0 Å². The topological polar surface area (TPSA) is 40.5 Å². The van der Waals surface area contributed by atoms with Crippen molar-refractivity contribution in [1.29, 1.82) is 0 Å². The molecule has 1 atom stereocenters. The molecule has 1 heterocycles. The number of halogens is 2. The van der Waals surface area contributed by atoms with E-state index in [0.29, 0.717) is 19.0 Å². The molecule has 1 N–H and O–H groups in total. The van der Waals surface area contributed by atoms with Crippen LogP contribution in [0.4, 0.5) is 4.39 Å². The Bertz CT molecular complexity index is 465. The number of phenolic OH excluding ortho intramolecular Hbond substituents is 1. The van der Waals surface area contributed by atoms with Crippen LogP contribution in [0.3, 0.4) is 0 Å². The van der Waals surface area contributed by atoms with Gasteiger partial charge in [-0.1, -0.05) is 15.9 Å². The second-order valence-corrected chi connectivity index (χ2v) is 5.69. The fourth-order valence-corrected chi connectivity index (χ4v) is 3.13. The maximum Gasteiger partial charge on any atom is 0.256 e. The van der Waals surface area contributed by atoms with E-state index in [1.54, 1.807) is 4.90 Å². The molecule has 1 fully saturated rings. The molecular formula is C14H17BrFNO2. The smallest absolute Gasteiger partial charge is 0.256 e. The van der Waals surface area contributed by atoms with Crippen molar-refractivity contribution in [1.82, 2.24) is 4.90 Å². The van der Waals surface area contributed by atoms with Crippen LogP contribution in [0, 0.1) is 11.7 Å². The number of benzene rings is 1. The van der Waals surface area contributed by atoms with Crippen LogP contribution < -0.4 is 0 Å². The fourth-order valence-electron chi connectivity index (χ4n) is 2.49. The standard InChI is InChI=1S/C14H17BrFNO2/c15-6-5-10-2-1-7-17(9-10)14(19)12-4-3-11(18)8-13(12)16/h3-4,8,10,18H,1-2,5-7,9H2. The van der Waals surface area contributed by atoms with Crippen molar-refractivity contribution in [3.63, 3.8) is 0 Å². The Morgan fingerprint density at radius 1 is 1.53 bits per heavy atom. The first-order valence-electron chi connectivity index (χ1n) is 6.45. The van der Waals surface area contributed by atoms with Gasteiger partial charge in [0.2, 0.25) is 0 Å². The van der Waals surface area contributed by atoms with Gasteiger partial charge < -0.3 is 10.0 Å². The summed E-state index contributed by atoms with van der Waals surface area (Å²) in [6.45, 7) is 1.36. The first-order valence-corrected chi connectivity index (χ1v) is 7.57. The first kappa shape index (κ1) is 14.3. The Kier molecular flexibility index (Phi) is 4.80. The minimum absolute atomic E-state index is 0.0392. The summed E-state index contributed by atoms with van der Waals surface area (Å²) >= 11 is 3.42. The van der Waals surface area contributed by atoms with Crippen molar-refractivity contribution < 1.29 is 14.3 Å². The molecule has 0 saturated carbocycles. The minimum atomic E-state index is -0.660. The van der Waals surface area contributed by atoms with E-state index in [2.05, 4.69) is 15.9 Å². The maximum absolute atomic E-state index is 13.7. The summed E-state index contributed by atoms with van der Waals surface area (Å²) in [5.74, 6) is -0.619. The minimum Gasteiger partial charge on any atom is -0.508 e. The number of rotatable bonds is 3. The summed E-state index contributed by atoms with van der Waals surface area (Å²) in [5.41, 5.74) is 0.0392. The van der Waals surface area contributed by atoms with E-state index in [9.17, 15) is 14.3 Å². The van der Waals surface area contributed by atoms with E-state index in [1.807, 2.05) is 0 Å². The second kappa shape index (κ2) is 6.37. The highest BCUT2D eigenvalue weighted by atomic mass is 79.9. The molecule has 3 nitrogen and oxygen atoms in total. The van der Waals surface area contributed by atoms with Gasteiger partial charge in [-0.3, -0.25) is 4.79 Å². The molecule has 0 radical (unpaired) electrons. The number of hydrogen-bond acceptors (Lipinski definition) is 2. The maximum atomic E-state index is 13.7. The number of likely N-dealkylation sites (tertiary alicyclic amines) is 1. The van der Waals surface area contributed by atoms with Gasteiger partial charge in [0.25, 0.3) is 5.91 Å². The zero-order chi connectivity index (χ0) is 13.8. The quantitative estimate of drug-likeness (QED) is 0.865. The fraction of sp³-hybridized carbons (Fsp3) is 0.500. The number of nitrogens with zero attached hydrogens (tertiary/aromatic N) is 1. The average Bonchev–Trinajstić information content (AvgIpc) is 2.39. The molecule has 19 heavy (non-hydrogen) atoms. The van der Waals surface area contributed by atoms with Gasteiger partial charge in [0.05, 0.1) is 5.56 Å². The predicted molar refractivity (Wildman–Crippen MR) is 75.1 cm³/mol. The zero-order valence-corrected chi connectivity index (χ0v) is 12.2. The third kappa shape index (κ3) is 3.47. The molecule has 0 bridgehead atoms. The van der Waals surface area contributed by atoms with Gasteiger partial charge in [0, 0.05) is 24.5 Å². The number of carbonyl (C=O) groups is 1. The summed E-state index contributed by atoms with van der Waals surface area (Å²) in [4.78, 5) is 14.0. The highest BCUT2D eigenvalue weighted by Crippen LogP contribution is 2.23. The van der Waals surface area contributed by atoms with E-state index in [4.69, 9.17) is 0 Å². The molecule has 0 aromatic heterocycles. The second-order valence-electron chi connectivity index (χ2n) is 4.90. The Balaban J connectivity index is 2.10. The van der Waals surface area contributed by atoms with Crippen LogP contribution in [0.1, 0.15) is 29.6 Å². The third-order valence-corrected chi connectivity index (χ3v) is 3.96.